The van der Waals surface area contributed by atoms with Crippen LogP contribution in [0.1, 0.15) is 39.5 Å². The first-order valence-corrected chi connectivity index (χ1v) is 7.22. The van der Waals surface area contributed by atoms with Gasteiger partial charge >= 0.3 is 0 Å². The number of hydrogen-bond acceptors (Lipinski definition) is 2. The van der Waals surface area contributed by atoms with E-state index in [-0.39, 0.29) is 5.92 Å². The zero-order valence-electron chi connectivity index (χ0n) is 11.2. The molecule has 98 valence electrons. The largest absolute Gasteiger partial charge is 0.342 e. The van der Waals surface area contributed by atoms with Gasteiger partial charge in [0.15, 0.2) is 0 Å². The molecule has 17 heavy (non-hydrogen) atoms. The van der Waals surface area contributed by atoms with Crippen molar-refractivity contribution < 1.29 is 4.79 Å². The van der Waals surface area contributed by atoms with Crippen LogP contribution >= 0.6 is 0 Å². The van der Waals surface area contributed by atoms with Gasteiger partial charge in [-0.1, -0.05) is 6.92 Å². The summed E-state index contributed by atoms with van der Waals surface area (Å²) in [5, 5.41) is 3.38. The molecule has 0 aromatic heterocycles. The third-order valence-electron chi connectivity index (χ3n) is 4.35. The molecule has 0 bridgehead atoms. The second kappa shape index (κ2) is 5.85. The van der Waals surface area contributed by atoms with E-state index in [1.807, 2.05) is 0 Å². The first kappa shape index (κ1) is 12.9. The second-order valence-electron chi connectivity index (χ2n) is 5.70. The Kier molecular flexibility index (Phi) is 4.43. The van der Waals surface area contributed by atoms with E-state index in [0.29, 0.717) is 17.7 Å². The van der Waals surface area contributed by atoms with Gasteiger partial charge in [0.2, 0.25) is 5.91 Å². The zero-order chi connectivity index (χ0) is 12.3. The number of carbonyl (C=O) groups excluding carboxylic acids is 1. The SMILES string of the molecule is CCN(CC1CCNCC1)C(=O)C(C)C1CC1. The Morgan fingerprint density at radius 1 is 1.29 bits per heavy atom. The van der Waals surface area contributed by atoms with Crippen molar-refractivity contribution >= 4 is 5.91 Å². The molecule has 2 fully saturated rings. The molecule has 0 radical (unpaired) electrons. The summed E-state index contributed by atoms with van der Waals surface area (Å²) in [6.45, 7) is 8.32. The third-order valence-corrected chi connectivity index (χ3v) is 4.35. The molecule has 3 nitrogen and oxygen atoms in total. The highest BCUT2D eigenvalue weighted by molar-refractivity contribution is 5.79. The Morgan fingerprint density at radius 3 is 2.47 bits per heavy atom. The predicted octanol–water partition coefficient (Wildman–Crippen LogP) is 1.88. The molecule has 2 rings (SSSR count). The Balaban J connectivity index is 1.83. The maximum atomic E-state index is 12.3. The third kappa shape index (κ3) is 3.44. The van der Waals surface area contributed by atoms with Gasteiger partial charge in [-0.05, 0) is 57.5 Å². The Bertz CT molecular complexity index is 257. The predicted molar refractivity (Wildman–Crippen MR) is 69.7 cm³/mol. The molecule has 0 aromatic carbocycles. The normalized spacial score (nSPS) is 23.4. The molecular formula is C14H26N2O. The fraction of sp³-hybridized carbons (Fsp3) is 0.929. The average molecular weight is 238 g/mol. The van der Waals surface area contributed by atoms with Crippen molar-refractivity contribution in [3.63, 3.8) is 0 Å². The van der Waals surface area contributed by atoms with Crippen LogP contribution in [0.5, 0.6) is 0 Å². The number of rotatable bonds is 5. The lowest BCUT2D eigenvalue weighted by Crippen LogP contribution is -2.41. The van der Waals surface area contributed by atoms with E-state index >= 15 is 0 Å². The average Bonchev–Trinajstić information content (AvgIpc) is 3.19. The summed E-state index contributed by atoms with van der Waals surface area (Å²) in [4.78, 5) is 14.4. The molecule has 1 amide bonds. The lowest BCUT2D eigenvalue weighted by Gasteiger charge is -2.31. The minimum Gasteiger partial charge on any atom is -0.342 e. The van der Waals surface area contributed by atoms with Gasteiger partial charge in [0.1, 0.15) is 0 Å². The van der Waals surface area contributed by atoms with E-state index in [1.165, 1.54) is 25.7 Å². The Hall–Kier alpha value is -0.570. The van der Waals surface area contributed by atoms with Gasteiger partial charge in [0, 0.05) is 19.0 Å². The first-order chi connectivity index (χ1) is 8.22. The summed E-state index contributed by atoms with van der Waals surface area (Å²) < 4.78 is 0. The van der Waals surface area contributed by atoms with Crippen molar-refractivity contribution in [1.29, 1.82) is 0 Å². The molecule has 3 heteroatoms. The van der Waals surface area contributed by atoms with Gasteiger partial charge in [-0.2, -0.15) is 0 Å². The Morgan fingerprint density at radius 2 is 1.94 bits per heavy atom. The molecule has 0 spiro atoms. The Labute approximate surface area is 105 Å². The van der Waals surface area contributed by atoms with Crippen LogP contribution in [-0.2, 0) is 4.79 Å². The maximum Gasteiger partial charge on any atom is 0.225 e. The molecule has 1 aliphatic heterocycles. The standard InChI is InChI=1S/C14H26N2O/c1-3-16(10-12-6-8-15-9-7-12)14(17)11(2)13-4-5-13/h11-13,15H,3-10H2,1-2H3. The quantitative estimate of drug-likeness (QED) is 0.793. The van der Waals surface area contributed by atoms with Gasteiger partial charge in [-0.3, -0.25) is 4.79 Å². The lowest BCUT2D eigenvalue weighted by molar-refractivity contribution is -0.136. The van der Waals surface area contributed by atoms with Crippen LogP contribution < -0.4 is 5.32 Å². The van der Waals surface area contributed by atoms with Crippen molar-refractivity contribution in [2.24, 2.45) is 17.8 Å². The van der Waals surface area contributed by atoms with Crippen molar-refractivity contribution in [1.82, 2.24) is 10.2 Å². The lowest BCUT2D eigenvalue weighted by atomic mass is 9.96. The fourth-order valence-electron chi connectivity index (χ4n) is 2.84. The van der Waals surface area contributed by atoms with Gasteiger partial charge in [0.05, 0.1) is 0 Å². The van der Waals surface area contributed by atoms with Crippen LogP contribution in [0.15, 0.2) is 0 Å². The summed E-state index contributed by atoms with van der Waals surface area (Å²) in [5.41, 5.74) is 0. The van der Waals surface area contributed by atoms with Gasteiger partial charge in [0.25, 0.3) is 0 Å². The highest BCUT2D eigenvalue weighted by Gasteiger charge is 2.35. The molecule has 1 atom stereocenters. The van der Waals surface area contributed by atoms with Crippen LogP contribution in [0.4, 0.5) is 0 Å². The summed E-state index contributed by atoms with van der Waals surface area (Å²) in [7, 11) is 0. The highest BCUT2D eigenvalue weighted by atomic mass is 16.2. The van der Waals surface area contributed by atoms with E-state index in [1.54, 1.807) is 0 Å². The number of piperidine rings is 1. The van der Waals surface area contributed by atoms with Gasteiger partial charge in [-0.25, -0.2) is 0 Å². The van der Waals surface area contributed by atoms with E-state index in [2.05, 4.69) is 24.1 Å². The number of amides is 1. The molecule has 1 N–H and O–H groups in total. The summed E-state index contributed by atoms with van der Waals surface area (Å²) in [6.07, 6.45) is 4.97. The molecule has 1 saturated carbocycles. The van der Waals surface area contributed by atoms with Crippen LogP contribution in [-0.4, -0.2) is 37.0 Å². The van der Waals surface area contributed by atoms with Crippen molar-refractivity contribution in [3.8, 4) is 0 Å². The van der Waals surface area contributed by atoms with Crippen LogP contribution in [0.2, 0.25) is 0 Å². The first-order valence-electron chi connectivity index (χ1n) is 7.22. The van der Waals surface area contributed by atoms with E-state index in [4.69, 9.17) is 0 Å². The van der Waals surface area contributed by atoms with E-state index in [9.17, 15) is 4.79 Å². The smallest absolute Gasteiger partial charge is 0.225 e. The van der Waals surface area contributed by atoms with Crippen LogP contribution in [0.25, 0.3) is 0 Å². The zero-order valence-corrected chi connectivity index (χ0v) is 11.2. The van der Waals surface area contributed by atoms with Gasteiger partial charge in [-0.15, -0.1) is 0 Å². The summed E-state index contributed by atoms with van der Waals surface area (Å²) in [6, 6.07) is 0. The number of nitrogens with one attached hydrogen (secondary N) is 1. The number of carbonyl (C=O) groups is 1. The van der Waals surface area contributed by atoms with Crippen molar-refractivity contribution in [2.75, 3.05) is 26.2 Å². The van der Waals surface area contributed by atoms with Crippen LogP contribution in [0.3, 0.4) is 0 Å². The molecule has 0 aromatic rings. The minimum atomic E-state index is 0.261. The molecular weight excluding hydrogens is 212 g/mol. The van der Waals surface area contributed by atoms with E-state index in [0.717, 1.165) is 26.2 Å². The minimum absolute atomic E-state index is 0.261. The van der Waals surface area contributed by atoms with Crippen molar-refractivity contribution in [3.05, 3.63) is 0 Å². The molecule has 1 unspecified atom stereocenters. The second-order valence-corrected chi connectivity index (χ2v) is 5.70. The molecule has 1 saturated heterocycles. The topological polar surface area (TPSA) is 32.3 Å². The summed E-state index contributed by atoms with van der Waals surface area (Å²) in [5.74, 6) is 2.06. The van der Waals surface area contributed by atoms with Gasteiger partial charge < -0.3 is 10.2 Å². The maximum absolute atomic E-state index is 12.3. The van der Waals surface area contributed by atoms with Crippen molar-refractivity contribution in [2.45, 2.75) is 39.5 Å². The monoisotopic (exact) mass is 238 g/mol. The molecule has 1 aliphatic carbocycles. The van der Waals surface area contributed by atoms with E-state index < -0.39 is 0 Å². The number of hydrogen-bond donors (Lipinski definition) is 1. The number of nitrogens with zero attached hydrogens (tertiary/aromatic N) is 1. The fourth-order valence-corrected chi connectivity index (χ4v) is 2.84. The summed E-state index contributed by atoms with van der Waals surface area (Å²) >= 11 is 0. The molecule has 2 aliphatic rings. The molecule has 1 heterocycles. The van der Waals surface area contributed by atoms with Crippen LogP contribution in [0, 0.1) is 17.8 Å². The highest BCUT2D eigenvalue weighted by Crippen LogP contribution is 2.37.